The quantitative estimate of drug-likeness (QED) is 0.385. The molecule has 2 amide bonds. The maximum atomic E-state index is 12.8. The van der Waals surface area contributed by atoms with Crippen molar-refractivity contribution in [3.63, 3.8) is 0 Å². The lowest BCUT2D eigenvalue weighted by molar-refractivity contribution is -0.235. The van der Waals surface area contributed by atoms with E-state index in [9.17, 15) is 22.8 Å². The van der Waals surface area contributed by atoms with Gasteiger partial charge in [-0.15, -0.1) is 13.2 Å². The van der Waals surface area contributed by atoms with E-state index in [2.05, 4.69) is 42.7 Å². The Morgan fingerprint density at radius 1 is 1.09 bits per heavy atom. The van der Waals surface area contributed by atoms with E-state index < -0.39 is 37.0 Å². The average Bonchev–Trinajstić information content (AvgIpc) is 3.17. The maximum absolute atomic E-state index is 12.8. The number of aryl methyl sites for hydroxylation is 2. The standard InChI is InChI=1S/C25H30F3N3O2/c1-3-4-5-6-18-9-12-22(17(2)13-18)30-21-10-7-19(8-11-21)15-29-24(33)20-14-23(32)31(16-20)25(26,27)28/h7-13,20,30H,3-6,14-16H2,1-2H3,(H,29,33). The van der Waals surface area contributed by atoms with Crippen LogP contribution in [0.1, 0.15) is 49.3 Å². The Balaban J connectivity index is 1.50. The molecule has 33 heavy (non-hydrogen) atoms. The Morgan fingerprint density at radius 2 is 1.79 bits per heavy atom. The number of hydrogen-bond acceptors (Lipinski definition) is 3. The molecule has 0 saturated carbocycles. The summed E-state index contributed by atoms with van der Waals surface area (Å²) in [6.45, 7) is 3.82. The Morgan fingerprint density at radius 3 is 2.39 bits per heavy atom. The molecule has 1 unspecified atom stereocenters. The summed E-state index contributed by atoms with van der Waals surface area (Å²) in [5.41, 5.74) is 5.23. The number of anilines is 2. The Bertz CT molecular complexity index is 974. The first kappa shape index (κ1) is 24.6. The van der Waals surface area contributed by atoms with E-state index in [1.165, 1.54) is 30.4 Å². The number of unbranched alkanes of at least 4 members (excludes halogenated alkanes) is 2. The Kier molecular flexibility index (Phi) is 8.00. The van der Waals surface area contributed by atoms with Gasteiger partial charge in [0.15, 0.2) is 0 Å². The number of nitrogens with one attached hydrogen (secondary N) is 2. The molecule has 1 atom stereocenters. The summed E-state index contributed by atoms with van der Waals surface area (Å²) in [7, 11) is 0. The number of likely N-dealkylation sites (tertiary alicyclic amines) is 1. The van der Waals surface area contributed by atoms with Crippen molar-refractivity contribution in [2.45, 2.75) is 58.8 Å². The summed E-state index contributed by atoms with van der Waals surface area (Å²) < 4.78 is 38.3. The lowest BCUT2D eigenvalue weighted by Crippen LogP contribution is -2.40. The predicted molar refractivity (Wildman–Crippen MR) is 122 cm³/mol. The molecule has 0 aliphatic carbocycles. The van der Waals surface area contributed by atoms with Crippen molar-refractivity contribution < 1.29 is 22.8 Å². The second-order valence-electron chi connectivity index (χ2n) is 8.52. The molecule has 0 spiro atoms. The maximum Gasteiger partial charge on any atom is 0.487 e. The number of carbonyl (C=O) groups is 2. The zero-order valence-electron chi connectivity index (χ0n) is 19.0. The molecular formula is C25H30F3N3O2. The molecule has 1 fully saturated rings. The van der Waals surface area contributed by atoms with Crippen LogP contribution in [-0.4, -0.2) is 29.6 Å². The number of alkyl halides is 3. The van der Waals surface area contributed by atoms with Gasteiger partial charge in [0.25, 0.3) is 0 Å². The SMILES string of the molecule is CCCCCc1ccc(Nc2ccc(CNC(=O)C3CC(=O)N(C(F)(F)F)C3)cc2)c(C)c1. The fourth-order valence-corrected chi connectivity index (χ4v) is 3.92. The monoisotopic (exact) mass is 461 g/mol. The van der Waals surface area contributed by atoms with E-state index in [0.29, 0.717) is 0 Å². The number of rotatable bonds is 9. The molecular weight excluding hydrogens is 431 g/mol. The van der Waals surface area contributed by atoms with Gasteiger partial charge in [0.05, 0.1) is 5.92 Å². The first-order valence-corrected chi connectivity index (χ1v) is 11.3. The van der Waals surface area contributed by atoms with Crippen molar-refractivity contribution in [1.29, 1.82) is 0 Å². The van der Waals surface area contributed by atoms with E-state index in [1.807, 2.05) is 24.3 Å². The van der Waals surface area contributed by atoms with Gasteiger partial charge in [-0.2, -0.15) is 0 Å². The predicted octanol–water partition coefficient (Wildman–Crippen LogP) is 5.46. The summed E-state index contributed by atoms with van der Waals surface area (Å²) in [6, 6.07) is 13.9. The molecule has 178 valence electrons. The van der Waals surface area contributed by atoms with Crippen LogP contribution in [0.2, 0.25) is 0 Å². The summed E-state index contributed by atoms with van der Waals surface area (Å²) >= 11 is 0. The first-order valence-electron chi connectivity index (χ1n) is 11.3. The number of nitrogens with zero attached hydrogens (tertiary/aromatic N) is 1. The van der Waals surface area contributed by atoms with E-state index in [1.54, 1.807) is 0 Å². The summed E-state index contributed by atoms with van der Waals surface area (Å²) in [5.74, 6) is -2.61. The van der Waals surface area contributed by atoms with E-state index in [0.717, 1.165) is 23.4 Å². The van der Waals surface area contributed by atoms with Gasteiger partial charge in [0.2, 0.25) is 11.8 Å². The van der Waals surface area contributed by atoms with Crippen LogP contribution in [0.4, 0.5) is 24.5 Å². The van der Waals surface area contributed by atoms with E-state index in [-0.39, 0.29) is 11.4 Å². The van der Waals surface area contributed by atoms with Crippen LogP contribution in [-0.2, 0) is 22.6 Å². The summed E-state index contributed by atoms with van der Waals surface area (Å²) in [4.78, 5) is 23.5. The van der Waals surface area contributed by atoms with Gasteiger partial charge in [-0.1, -0.05) is 44.0 Å². The highest BCUT2D eigenvalue weighted by Gasteiger charge is 2.48. The van der Waals surface area contributed by atoms with Crippen molar-refractivity contribution in [3.05, 3.63) is 59.2 Å². The molecule has 1 aliphatic heterocycles. The van der Waals surface area contributed by atoms with Crippen LogP contribution in [0.25, 0.3) is 0 Å². The zero-order valence-corrected chi connectivity index (χ0v) is 19.0. The molecule has 2 N–H and O–H groups in total. The van der Waals surface area contributed by atoms with Crippen LogP contribution in [0.3, 0.4) is 0 Å². The molecule has 0 aromatic heterocycles. The number of carbonyl (C=O) groups excluding carboxylic acids is 2. The molecule has 0 bridgehead atoms. The normalized spacial score (nSPS) is 16.2. The number of benzene rings is 2. The minimum Gasteiger partial charge on any atom is -0.355 e. The minimum atomic E-state index is -4.75. The first-order chi connectivity index (χ1) is 15.7. The van der Waals surface area contributed by atoms with E-state index >= 15 is 0 Å². The summed E-state index contributed by atoms with van der Waals surface area (Å²) in [6.07, 6.45) is -0.462. The smallest absolute Gasteiger partial charge is 0.355 e. The van der Waals surface area contributed by atoms with Crippen molar-refractivity contribution in [3.8, 4) is 0 Å². The topological polar surface area (TPSA) is 61.4 Å². The van der Waals surface area contributed by atoms with Crippen LogP contribution in [0, 0.1) is 12.8 Å². The fraction of sp³-hybridized carbons (Fsp3) is 0.440. The molecule has 8 heteroatoms. The van der Waals surface area contributed by atoms with Crippen molar-refractivity contribution in [2.24, 2.45) is 5.92 Å². The van der Waals surface area contributed by atoms with Gasteiger partial charge in [-0.25, -0.2) is 0 Å². The second-order valence-corrected chi connectivity index (χ2v) is 8.52. The third kappa shape index (κ3) is 6.73. The molecule has 1 heterocycles. The van der Waals surface area contributed by atoms with Crippen LogP contribution in [0.15, 0.2) is 42.5 Å². The van der Waals surface area contributed by atoms with E-state index in [4.69, 9.17) is 0 Å². The number of amides is 2. The molecule has 0 radical (unpaired) electrons. The highest BCUT2D eigenvalue weighted by molar-refractivity contribution is 5.89. The van der Waals surface area contributed by atoms with Crippen LogP contribution >= 0.6 is 0 Å². The highest BCUT2D eigenvalue weighted by atomic mass is 19.4. The molecule has 2 aromatic rings. The highest BCUT2D eigenvalue weighted by Crippen LogP contribution is 2.30. The van der Waals surface area contributed by atoms with Crippen molar-refractivity contribution in [2.75, 3.05) is 11.9 Å². The Hall–Kier alpha value is -3.03. The van der Waals surface area contributed by atoms with Crippen molar-refractivity contribution in [1.82, 2.24) is 10.2 Å². The third-order valence-corrected chi connectivity index (χ3v) is 5.86. The van der Waals surface area contributed by atoms with Gasteiger partial charge < -0.3 is 10.6 Å². The second kappa shape index (κ2) is 10.7. The lowest BCUT2D eigenvalue weighted by atomic mass is 10.0. The third-order valence-electron chi connectivity index (χ3n) is 5.86. The largest absolute Gasteiger partial charge is 0.487 e. The number of hydrogen-bond donors (Lipinski definition) is 2. The van der Waals surface area contributed by atoms with Gasteiger partial charge in [-0.3, -0.25) is 14.5 Å². The number of halogens is 3. The molecule has 1 aliphatic rings. The van der Waals surface area contributed by atoms with Gasteiger partial charge in [0, 0.05) is 30.9 Å². The molecule has 2 aromatic carbocycles. The zero-order chi connectivity index (χ0) is 24.0. The summed E-state index contributed by atoms with van der Waals surface area (Å²) in [5, 5.41) is 6.02. The molecule has 1 saturated heterocycles. The average molecular weight is 462 g/mol. The Labute approximate surface area is 192 Å². The minimum absolute atomic E-state index is 0.182. The van der Waals surface area contributed by atoms with Gasteiger partial charge in [0.1, 0.15) is 0 Å². The van der Waals surface area contributed by atoms with Gasteiger partial charge in [-0.05, 0) is 54.7 Å². The fourth-order valence-electron chi connectivity index (χ4n) is 3.92. The van der Waals surface area contributed by atoms with Crippen LogP contribution in [0.5, 0.6) is 0 Å². The lowest BCUT2D eigenvalue weighted by Gasteiger charge is -2.19. The van der Waals surface area contributed by atoms with Gasteiger partial charge >= 0.3 is 6.30 Å². The molecule has 3 rings (SSSR count). The van der Waals surface area contributed by atoms with Crippen LogP contribution < -0.4 is 10.6 Å². The molecule has 5 nitrogen and oxygen atoms in total. The van der Waals surface area contributed by atoms with Crippen molar-refractivity contribution >= 4 is 23.2 Å².